The molecule has 0 unspecified atom stereocenters. The van der Waals surface area contributed by atoms with Crippen LogP contribution in [0.15, 0.2) is 18.2 Å². The topological polar surface area (TPSA) is 69.6 Å². The van der Waals surface area contributed by atoms with Crippen molar-refractivity contribution in [1.29, 1.82) is 0 Å². The second-order valence-corrected chi connectivity index (χ2v) is 5.22. The number of urea groups is 1. The first-order valence-corrected chi connectivity index (χ1v) is 6.90. The van der Waals surface area contributed by atoms with Crippen LogP contribution in [-0.4, -0.2) is 46.6 Å². The second-order valence-electron chi connectivity index (χ2n) is 4.00. The van der Waals surface area contributed by atoms with E-state index in [1.807, 2.05) is 0 Å². The summed E-state index contributed by atoms with van der Waals surface area (Å²) in [6.07, 6.45) is 0. The van der Waals surface area contributed by atoms with Gasteiger partial charge in [-0.2, -0.15) is 11.8 Å². The molecule has 0 spiro atoms. The van der Waals surface area contributed by atoms with E-state index < -0.39 is 23.4 Å². The van der Waals surface area contributed by atoms with E-state index in [9.17, 15) is 14.0 Å². The molecule has 0 saturated carbocycles. The number of rotatable bonds is 2. The minimum atomic E-state index is -1.40. The van der Waals surface area contributed by atoms with Gasteiger partial charge in [-0.05, 0) is 12.1 Å². The number of carboxylic acid groups (broad SMARTS) is 1. The Bertz CT molecular complexity index is 504. The molecule has 1 aliphatic heterocycles. The zero-order valence-electron chi connectivity index (χ0n) is 10.1. The van der Waals surface area contributed by atoms with E-state index >= 15 is 0 Å². The molecule has 2 rings (SSSR count). The lowest BCUT2D eigenvalue weighted by Gasteiger charge is -2.26. The minimum Gasteiger partial charge on any atom is -0.478 e. The molecule has 0 bridgehead atoms. The molecule has 0 aliphatic carbocycles. The van der Waals surface area contributed by atoms with Crippen molar-refractivity contribution in [1.82, 2.24) is 4.90 Å². The van der Waals surface area contributed by atoms with Gasteiger partial charge in [0.2, 0.25) is 0 Å². The fourth-order valence-electron chi connectivity index (χ4n) is 1.81. The molecule has 0 radical (unpaired) electrons. The lowest BCUT2D eigenvalue weighted by molar-refractivity contribution is 0.0693. The highest BCUT2D eigenvalue weighted by Crippen LogP contribution is 2.20. The van der Waals surface area contributed by atoms with Gasteiger partial charge < -0.3 is 15.3 Å². The van der Waals surface area contributed by atoms with Crippen LogP contribution in [-0.2, 0) is 0 Å². The van der Waals surface area contributed by atoms with Gasteiger partial charge in [0.15, 0.2) is 0 Å². The Morgan fingerprint density at radius 1 is 1.32 bits per heavy atom. The summed E-state index contributed by atoms with van der Waals surface area (Å²) in [4.78, 5) is 24.5. The van der Waals surface area contributed by atoms with Crippen molar-refractivity contribution in [2.75, 3.05) is 29.9 Å². The fourth-order valence-corrected chi connectivity index (χ4v) is 2.71. The van der Waals surface area contributed by atoms with Crippen molar-refractivity contribution in [3.05, 3.63) is 29.6 Å². The maximum absolute atomic E-state index is 13.4. The van der Waals surface area contributed by atoms with Crippen molar-refractivity contribution in [3.63, 3.8) is 0 Å². The molecule has 2 amide bonds. The van der Waals surface area contributed by atoms with Gasteiger partial charge in [-0.3, -0.25) is 0 Å². The first-order chi connectivity index (χ1) is 9.09. The number of thioether (sulfide) groups is 1. The molecule has 5 nitrogen and oxygen atoms in total. The molecule has 0 aromatic heterocycles. The van der Waals surface area contributed by atoms with Crippen LogP contribution in [0.2, 0.25) is 0 Å². The van der Waals surface area contributed by atoms with E-state index in [0.717, 1.165) is 17.6 Å². The number of nitrogens with zero attached hydrogens (tertiary/aromatic N) is 1. The Morgan fingerprint density at radius 2 is 2.00 bits per heavy atom. The highest BCUT2D eigenvalue weighted by Gasteiger charge is 2.21. The summed E-state index contributed by atoms with van der Waals surface area (Å²) in [5, 5.41) is 11.4. The summed E-state index contributed by atoms with van der Waals surface area (Å²) in [6, 6.07) is 3.40. The molecule has 1 heterocycles. The highest BCUT2D eigenvalue weighted by atomic mass is 32.2. The number of amides is 2. The number of anilines is 1. The van der Waals surface area contributed by atoms with Gasteiger partial charge in [-0.15, -0.1) is 0 Å². The number of benzene rings is 1. The van der Waals surface area contributed by atoms with Crippen molar-refractivity contribution in [2.24, 2.45) is 0 Å². The summed E-state index contributed by atoms with van der Waals surface area (Å²) in [6.45, 7) is 1.21. The molecule has 1 saturated heterocycles. The Hall–Kier alpha value is -1.76. The second kappa shape index (κ2) is 5.92. The predicted octanol–water partition coefficient (Wildman–Crippen LogP) is 2.10. The zero-order valence-corrected chi connectivity index (χ0v) is 10.9. The molecule has 1 aliphatic rings. The maximum atomic E-state index is 13.4. The maximum Gasteiger partial charge on any atom is 0.340 e. The van der Waals surface area contributed by atoms with Crippen LogP contribution in [0, 0.1) is 5.82 Å². The average Bonchev–Trinajstić information content (AvgIpc) is 2.39. The summed E-state index contributed by atoms with van der Waals surface area (Å²) in [5.41, 5.74) is -0.530. The van der Waals surface area contributed by atoms with Crippen LogP contribution in [0.5, 0.6) is 0 Å². The van der Waals surface area contributed by atoms with Crippen LogP contribution in [0.25, 0.3) is 0 Å². The monoisotopic (exact) mass is 284 g/mol. The number of nitrogens with one attached hydrogen (secondary N) is 1. The Labute approximate surface area is 113 Å². The zero-order chi connectivity index (χ0) is 13.8. The molecule has 7 heteroatoms. The molecular weight excluding hydrogens is 271 g/mol. The van der Waals surface area contributed by atoms with Crippen LogP contribution in [0.1, 0.15) is 10.4 Å². The van der Waals surface area contributed by atoms with Crippen molar-refractivity contribution in [3.8, 4) is 0 Å². The molecular formula is C12H13FN2O3S. The largest absolute Gasteiger partial charge is 0.478 e. The third kappa shape index (κ3) is 3.17. The fraction of sp³-hybridized carbons (Fsp3) is 0.333. The van der Waals surface area contributed by atoms with E-state index in [1.54, 1.807) is 16.7 Å². The van der Waals surface area contributed by atoms with Gasteiger partial charge in [0.25, 0.3) is 0 Å². The van der Waals surface area contributed by atoms with Crippen LogP contribution >= 0.6 is 11.8 Å². The minimum absolute atomic E-state index is 0.0178. The summed E-state index contributed by atoms with van der Waals surface area (Å²) < 4.78 is 13.4. The van der Waals surface area contributed by atoms with E-state index in [1.165, 1.54) is 12.1 Å². The van der Waals surface area contributed by atoms with E-state index in [2.05, 4.69) is 5.32 Å². The number of hydrogen-bond donors (Lipinski definition) is 2. The normalized spacial score (nSPS) is 15.1. The number of carboxylic acids is 1. The molecule has 102 valence electrons. The van der Waals surface area contributed by atoms with Gasteiger partial charge in [0, 0.05) is 24.6 Å². The Morgan fingerprint density at radius 3 is 2.63 bits per heavy atom. The van der Waals surface area contributed by atoms with Crippen LogP contribution in [0.3, 0.4) is 0 Å². The summed E-state index contributed by atoms with van der Waals surface area (Å²) >= 11 is 1.76. The van der Waals surface area contributed by atoms with Gasteiger partial charge in [-0.1, -0.05) is 6.07 Å². The molecule has 0 atom stereocenters. The van der Waals surface area contributed by atoms with Crippen LogP contribution < -0.4 is 5.32 Å². The van der Waals surface area contributed by atoms with E-state index in [0.29, 0.717) is 13.1 Å². The number of halogens is 1. The Kier molecular flexibility index (Phi) is 4.26. The molecule has 1 aromatic carbocycles. The molecule has 19 heavy (non-hydrogen) atoms. The average molecular weight is 284 g/mol. The van der Waals surface area contributed by atoms with Gasteiger partial charge in [0.05, 0.1) is 5.69 Å². The Balaban J connectivity index is 2.16. The SMILES string of the molecule is O=C(O)c1c(F)cccc1NC(=O)N1CCSCC1. The first-order valence-electron chi connectivity index (χ1n) is 5.75. The number of carbonyl (C=O) groups excluding carboxylic acids is 1. The standard InChI is InChI=1S/C12H13FN2O3S/c13-8-2-1-3-9(10(8)11(16)17)14-12(18)15-4-6-19-7-5-15/h1-3H,4-7H2,(H,14,18)(H,16,17). The van der Waals surface area contributed by atoms with Crippen molar-refractivity contribution < 1.29 is 19.1 Å². The van der Waals surface area contributed by atoms with Crippen molar-refractivity contribution in [2.45, 2.75) is 0 Å². The highest BCUT2D eigenvalue weighted by molar-refractivity contribution is 7.99. The van der Waals surface area contributed by atoms with Gasteiger partial charge in [-0.25, -0.2) is 14.0 Å². The third-order valence-corrected chi connectivity index (χ3v) is 3.71. The predicted molar refractivity (Wildman–Crippen MR) is 71.3 cm³/mol. The smallest absolute Gasteiger partial charge is 0.340 e. The summed E-state index contributed by atoms with van der Waals surface area (Å²) in [7, 11) is 0. The lowest BCUT2D eigenvalue weighted by atomic mass is 10.1. The number of carbonyl (C=O) groups is 2. The van der Waals surface area contributed by atoms with E-state index in [4.69, 9.17) is 5.11 Å². The molecule has 2 N–H and O–H groups in total. The van der Waals surface area contributed by atoms with E-state index in [-0.39, 0.29) is 5.69 Å². The third-order valence-electron chi connectivity index (χ3n) is 2.77. The quantitative estimate of drug-likeness (QED) is 0.872. The number of hydrogen-bond acceptors (Lipinski definition) is 3. The first kappa shape index (κ1) is 13.7. The lowest BCUT2D eigenvalue weighted by Crippen LogP contribution is -2.40. The van der Waals surface area contributed by atoms with Gasteiger partial charge in [0.1, 0.15) is 11.4 Å². The summed E-state index contributed by atoms with van der Waals surface area (Å²) in [5.74, 6) is -0.563. The molecule has 1 aromatic rings. The van der Waals surface area contributed by atoms with Gasteiger partial charge >= 0.3 is 12.0 Å². The van der Waals surface area contributed by atoms with Crippen molar-refractivity contribution >= 4 is 29.4 Å². The number of aromatic carboxylic acids is 1. The van der Waals surface area contributed by atoms with Crippen LogP contribution in [0.4, 0.5) is 14.9 Å². The molecule has 1 fully saturated rings.